The van der Waals surface area contributed by atoms with Crippen LogP contribution in [-0.2, 0) is 13.5 Å². The quantitative estimate of drug-likeness (QED) is 0.886. The minimum absolute atomic E-state index is 0.368. The first-order chi connectivity index (χ1) is 9.13. The Hall–Kier alpha value is -1.03. The van der Waals surface area contributed by atoms with Gasteiger partial charge < -0.3 is 10.2 Å². The lowest BCUT2D eigenvalue weighted by atomic mass is 9.92. The van der Waals surface area contributed by atoms with Gasteiger partial charge in [-0.1, -0.05) is 19.8 Å². The first-order valence-corrected chi connectivity index (χ1v) is 7.68. The Morgan fingerprint density at radius 1 is 1.42 bits per heavy atom. The van der Waals surface area contributed by atoms with E-state index in [0.717, 1.165) is 19.5 Å². The van der Waals surface area contributed by atoms with E-state index in [1.54, 1.807) is 0 Å². The molecule has 3 rings (SSSR count). The van der Waals surface area contributed by atoms with E-state index in [9.17, 15) is 0 Å². The van der Waals surface area contributed by atoms with Crippen molar-refractivity contribution < 1.29 is 0 Å². The van der Waals surface area contributed by atoms with E-state index in [-0.39, 0.29) is 0 Å². The lowest BCUT2D eigenvalue weighted by Crippen LogP contribution is -2.62. The molecule has 1 unspecified atom stereocenters. The number of hydrogen-bond donors (Lipinski definition) is 1. The van der Waals surface area contributed by atoms with Gasteiger partial charge in [0.1, 0.15) is 0 Å². The molecule has 1 atom stereocenters. The van der Waals surface area contributed by atoms with Crippen LogP contribution in [0.5, 0.6) is 0 Å². The molecule has 4 nitrogen and oxygen atoms in total. The molecule has 4 heteroatoms. The van der Waals surface area contributed by atoms with Crippen LogP contribution in [0.25, 0.3) is 0 Å². The van der Waals surface area contributed by atoms with Crippen molar-refractivity contribution in [2.75, 3.05) is 18.0 Å². The van der Waals surface area contributed by atoms with E-state index in [0.29, 0.717) is 11.6 Å². The minimum atomic E-state index is 0.368. The van der Waals surface area contributed by atoms with Gasteiger partial charge in [0.05, 0.1) is 11.4 Å². The zero-order valence-electron chi connectivity index (χ0n) is 12.4. The highest BCUT2D eigenvalue weighted by molar-refractivity contribution is 5.51. The smallest absolute Gasteiger partial charge is 0.0855 e. The maximum Gasteiger partial charge on any atom is 0.0855 e. The molecule has 1 spiro atoms. The van der Waals surface area contributed by atoms with E-state index in [1.165, 1.54) is 37.1 Å². The molecule has 1 saturated heterocycles. The van der Waals surface area contributed by atoms with E-state index in [1.807, 2.05) is 11.7 Å². The summed E-state index contributed by atoms with van der Waals surface area (Å²) in [6.45, 7) is 6.76. The molecule has 2 fully saturated rings. The molecular weight excluding hydrogens is 236 g/mol. The minimum Gasteiger partial charge on any atom is -0.363 e. The molecule has 1 aliphatic carbocycles. The van der Waals surface area contributed by atoms with Crippen molar-refractivity contribution in [3.05, 3.63) is 11.9 Å². The molecule has 1 aromatic heterocycles. The Kier molecular flexibility index (Phi) is 3.29. The van der Waals surface area contributed by atoms with Crippen LogP contribution in [0.2, 0.25) is 0 Å². The second-order valence-electron chi connectivity index (χ2n) is 6.33. The van der Waals surface area contributed by atoms with Gasteiger partial charge in [-0.25, -0.2) is 0 Å². The third kappa shape index (κ3) is 2.27. The SMILES string of the molecule is CCc1nn(C)cc1N1CC2(CCCC2)NCC1C. The zero-order valence-corrected chi connectivity index (χ0v) is 12.4. The molecule has 19 heavy (non-hydrogen) atoms. The molecule has 2 heterocycles. The third-order valence-electron chi connectivity index (χ3n) is 4.87. The molecule has 0 aromatic carbocycles. The fourth-order valence-corrected chi connectivity index (χ4v) is 3.74. The third-order valence-corrected chi connectivity index (χ3v) is 4.87. The van der Waals surface area contributed by atoms with E-state index in [4.69, 9.17) is 0 Å². The van der Waals surface area contributed by atoms with E-state index in [2.05, 4.69) is 35.4 Å². The topological polar surface area (TPSA) is 33.1 Å². The maximum absolute atomic E-state index is 4.61. The van der Waals surface area contributed by atoms with Gasteiger partial charge in [-0.05, 0) is 26.2 Å². The molecule has 1 aliphatic heterocycles. The molecule has 0 amide bonds. The number of nitrogens with zero attached hydrogens (tertiary/aromatic N) is 3. The second kappa shape index (κ2) is 4.82. The normalized spacial score (nSPS) is 26.3. The van der Waals surface area contributed by atoms with E-state index >= 15 is 0 Å². The average Bonchev–Trinajstić information content (AvgIpc) is 3.00. The summed E-state index contributed by atoms with van der Waals surface area (Å²) in [4.78, 5) is 2.59. The molecule has 0 bridgehead atoms. The number of aryl methyl sites for hydroxylation is 2. The molecule has 1 saturated carbocycles. The predicted octanol–water partition coefficient (Wildman–Crippen LogP) is 2.09. The highest BCUT2D eigenvalue weighted by atomic mass is 15.3. The van der Waals surface area contributed by atoms with Crippen LogP contribution in [-0.4, -0.2) is 34.5 Å². The first-order valence-electron chi connectivity index (χ1n) is 7.68. The van der Waals surface area contributed by atoms with Crippen molar-refractivity contribution >= 4 is 5.69 Å². The van der Waals surface area contributed by atoms with Gasteiger partial charge >= 0.3 is 0 Å². The van der Waals surface area contributed by atoms with Crippen LogP contribution in [0.1, 0.15) is 45.2 Å². The molecule has 0 radical (unpaired) electrons. The molecular formula is C15H26N4. The summed E-state index contributed by atoms with van der Waals surface area (Å²) < 4.78 is 1.96. The van der Waals surface area contributed by atoms with Crippen molar-refractivity contribution in [2.24, 2.45) is 7.05 Å². The number of rotatable bonds is 2. The number of aromatic nitrogens is 2. The van der Waals surface area contributed by atoms with Gasteiger partial charge in [-0.2, -0.15) is 5.10 Å². The Morgan fingerprint density at radius 2 is 2.16 bits per heavy atom. The van der Waals surface area contributed by atoms with Gasteiger partial charge in [0, 0.05) is 37.9 Å². The van der Waals surface area contributed by atoms with Crippen LogP contribution in [0.4, 0.5) is 5.69 Å². The lowest BCUT2D eigenvalue weighted by molar-refractivity contribution is 0.276. The Bertz CT molecular complexity index is 445. The van der Waals surface area contributed by atoms with Crippen molar-refractivity contribution in [3.8, 4) is 0 Å². The van der Waals surface area contributed by atoms with Crippen LogP contribution in [0, 0.1) is 0 Å². The number of piperazine rings is 1. The fraction of sp³-hybridized carbons (Fsp3) is 0.800. The summed E-state index contributed by atoms with van der Waals surface area (Å²) in [6, 6.07) is 0.556. The lowest BCUT2D eigenvalue weighted by Gasteiger charge is -2.46. The summed E-state index contributed by atoms with van der Waals surface area (Å²) in [5.41, 5.74) is 2.96. The first kappa shape index (κ1) is 13.0. The molecule has 1 N–H and O–H groups in total. The monoisotopic (exact) mass is 262 g/mol. The average molecular weight is 262 g/mol. The highest BCUT2D eigenvalue weighted by Crippen LogP contribution is 2.35. The summed E-state index contributed by atoms with van der Waals surface area (Å²) in [5, 5.41) is 8.43. The van der Waals surface area contributed by atoms with Crippen molar-refractivity contribution in [2.45, 2.75) is 57.5 Å². The predicted molar refractivity (Wildman–Crippen MR) is 78.6 cm³/mol. The molecule has 2 aliphatic rings. The van der Waals surface area contributed by atoms with Gasteiger partial charge in [0.2, 0.25) is 0 Å². The van der Waals surface area contributed by atoms with Gasteiger partial charge in [0.25, 0.3) is 0 Å². The van der Waals surface area contributed by atoms with Crippen LogP contribution < -0.4 is 10.2 Å². The second-order valence-corrected chi connectivity index (χ2v) is 6.33. The van der Waals surface area contributed by atoms with Crippen LogP contribution in [0.3, 0.4) is 0 Å². The van der Waals surface area contributed by atoms with Crippen molar-refractivity contribution in [3.63, 3.8) is 0 Å². The van der Waals surface area contributed by atoms with Crippen molar-refractivity contribution in [1.29, 1.82) is 0 Å². The van der Waals surface area contributed by atoms with Gasteiger partial charge in [-0.15, -0.1) is 0 Å². The summed E-state index contributed by atoms with van der Waals surface area (Å²) in [5.74, 6) is 0. The summed E-state index contributed by atoms with van der Waals surface area (Å²) >= 11 is 0. The maximum atomic E-state index is 4.61. The van der Waals surface area contributed by atoms with Crippen molar-refractivity contribution in [1.82, 2.24) is 15.1 Å². The standard InChI is InChI=1S/C15H26N4/c1-4-13-14(10-18(3)17-13)19-11-15(7-5-6-8-15)16-9-12(19)2/h10,12,16H,4-9,11H2,1-3H3. The van der Waals surface area contributed by atoms with Gasteiger partial charge in [-0.3, -0.25) is 4.68 Å². The molecule has 1 aromatic rings. The summed E-state index contributed by atoms with van der Waals surface area (Å²) in [7, 11) is 2.03. The van der Waals surface area contributed by atoms with Gasteiger partial charge in [0.15, 0.2) is 0 Å². The number of nitrogens with one attached hydrogen (secondary N) is 1. The number of hydrogen-bond acceptors (Lipinski definition) is 3. The highest BCUT2D eigenvalue weighted by Gasteiger charge is 2.40. The number of anilines is 1. The van der Waals surface area contributed by atoms with Crippen LogP contribution in [0.15, 0.2) is 6.20 Å². The zero-order chi connectivity index (χ0) is 13.5. The van der Waals surface area contributed by atoms with Crippen LogP contribution >= 0.6 is 0 Å². The molecule has 106 valence electrons. The van der Waals surface area contributed by atoms with E-state index < -0.39 is 0 Å². The largest absolute Gasteiger partial charge is 0.363 e. The summed E-state index contributed by atoms with van der Waals surface area (Å²) in [6.07, 6.45) is 8.63. The Labute approximate surface area is 116 Å². The fourth-order valence-electron chi connectivity index (χ4n) is 3.74. The Morgan fingerprint density at radius 3 is 2.84 bits per heavy atom. The Balaban J connectivity index is 1.88.